The number of hydrogen-bond donors (Lipinski definition) is 0. The molecule has 0 saturated heterocycles. The first-order valence-corrected chi connectivity index (χ1v) is 7.07. The molecule has 5 heteroatoms. The van der Waals surface area contributed by atoms with Crippen LogP contribution in [0.2, 0.25) is 0 Å². The van der Waals surface area contributed by atoms with Crippen LogP contribution in [0, 0.1) is 0 Å². The number of hydrogen-bond acceptors (Lipinski definition) is 2. The van der Waals surface area contributed by atoms with E-state index in [2.05, 4.69) is 18.4 Å². The maximum absolute atomic E-state index is 11.1. The third-order valence-electron chi connectivity index (χ3n) is 2.71. The smallest absolute Gasteiger partial charge is 0.259 e. The Kier molecular flexibility index (Phi) is 5.52. The molecule has 4 nitrogen and oxygen atoms in total. The van der Waals surface area contributed by atoms with Gasteiger partial charge in [0.15, 0.2) is 6.54 Å². The van der Waals surface area contributed by atoms with E-state index in [0.29, 0.717) is 11.5 Å². The van der Waals surface area contributed by atoms with E-state index in [4.69, 9.17) is 0 Å². The van der Waals surface area contributed by atoms with Gasteiger partial charge in [0, 0.05) is 0 Å². The van der Waals surface area contributed by atoms with E-state index in [9.17, 15) is 8.42 Å². The van der Waals surface area contributed by atoms with Crippen molar-refractivity contribution in [2.75, 3.05) is 19.6 Å². The van der Waals surface area contributed by atoms with E-state index < -0.39 is 10.3 Å². The Morgan fingerprint density at radius 1 is 1.31 bits per heavy atom. The highest BCUT2D eigenvalue weighted by Crippen LogP contribution is 2.02. The molecule has 1 rings (SSSR count). The molecule has 0 aromatic carbocycles. The molecule has 0 spiro atoms. The zero-order chi connectivity index (χ0) is 12.0. The van der Waals surface area contributed by atoms with Gasteiger partial charge in [-0.15, -0.1) is 0 Å². The van der Waals surface area contributed by atoms with Crippen LogP contribution < -0.4 is 0 Å². The van der Waals surface area contributed by atoms with Crippen molar-refractivity contribution in [2.24, 2.45) is 0 Å². The first-order valence-electron chi connectivity index (χ1n) is 5.99. The van der Waals surface area contributed by atoms with Gasteiger partial charge in [0.05, 0.1) is 13.1 Å². The SMILES string of the molecule is CCCCN1C=[N+](CCCC)CC1=S(=O)=O. The van der Waals surface area contributed by atoms with Gasteiger partial charge in [-0.05, 0) is 12.8 Å². The Morgan fingerprint density at radius 3 is 2.56 bits per heavy atom. The normalized spacial score (nSPS) is 15.5. The number of rotatable bonds is 6. The summed E-state index contributed by atoms with van der Waals surface area (Å²) < 4.78 is 24.2. The largest absolute Gasteiger partial charge is 0.265 e. The fourth-order valence-corrected chi connectivity index (χ4v) is 2.33. The minimum Gasteiger partial charge on any atom is -0.259 e. The maximum atomic E-state index is 11.1. The maximum Gasteiger partial charge on any atom is 0.265 e. The zero-order valence-electron chi connectivity index (χ0n) is 10.1. The highest BCUT2D eigenvalue weighted by Gasteiger charge is 2.27. The second kappa shape index (κ2) is 6.68. The van der Waals surface area contributed by atoms with Crippen LogP contribution in [0.3, 0.4) is 0 Å². The topological polar surface area (TPSA) is 40.4 Å². The van der Waals surface area contributed by atoms with Crippen molar-refractivity contribution in [3.63, 3.8) is 0 Å². The molecule has 1 aliphatic heterocycles. The molecule has 92 valence electrons. The minimum absolute atomic E-state index is 0.518. The molecule has 0 N–H and O–H groups in total. The van der Waals surface area contributed by atoms with Crippen molar-refractivity contribution in [2.45, 2.75) is 39.5 Å². The Bertz CT molecular complexity index is 377. The average molecular weight is 245 g/mol. The Morgan fingerprint density at radius 2 is 2.00 bits per heavy atom. The van der Waals surface area contributed by atoms with Crippen LogP contribution in [-0.2, 0) is 10.3 Å². The van der Waals surface area contributed by atoms with Crippen molar-refractivity contribution in [1.82, 2.24) is 4.90 Å². The van der Waals surface area contributed by atoms with Crippen LogP contribution in [0.1, 0.15) is 39.5 Å². The third kappa shape index (κ3) is 3.63. The molecule has 0 saturated carbocycles. The van der Waals surface area contributed by atoms with E-state index in [1.807, 2.05) is 11.2 Å². The molecule has 0 radical (unpaired) electrons. The van der Waals surface area contributed by atoms with E-state index >= 15 is 0 Å². The minimum atomic E-state index is -2.08. The second-order valence-electron chi connectivity index (χ2n) is 4.11. The Hall–Kier alpha value is -0.840. The van der Waals surface area contributed by atoms with E-state index in [0.717, 1.165) is 38.8 Å². The van der Waals surface area contributed by atoms with Gasteiger partial charge in [0.1, 0.15) is 0 Å². The quantitative estimate of drug-likeness (QED) is 0.517. The fourth-order valence-electron chi connectivity index (χ4n) is 1.72. The lowest BCUT2D eigenvalue weighted by atomic mass is 10.3. The Labute approximate surface area is 99.1 Å². The molecule has 0 amide bonds. The molecule has 0 unspecified atom stereocenters. The molecule has 1 heterocycles. The molecular weight excluding hydrogens is 224 g/mol. The van der Waals surface area contributed by atoms with E-state index in [1.54, 1.807) is 0 Å². The van der Waals surface area contributed by atoms with Gasteiger partial charge >= 0.3 is 0 Å². The molecule has 16 heavy (non-hydrogen) atoms. The summed E-state index contributed by atoms with van der Waals surface area (Å²) >= 11 is 0. The van der Waals surface area contributed by atoms with Gasteiger partial charge in [-0.3, -0.25) is 4.58 Å². The van der Waals surface area contributed by atoms with Crippen LogP contribution in [0.5, 0.6) is 0 Å². The molecule has 0 aromatic heterocycles. The predicted molar refractivity (Wildman–Crippen MR) is 66.5 cm³/mol. The van der Waals surface area contributed by atoms with Crippen LogP contribution in [-0.4, -0.2) is 48.9 Å². The summed E-state index contributed by atoms with van der Waals surface area (Å²) in [5, 5.41) is 0. The summed E-state index contributed by atoms with van der Waals surface area (Å²) in [6, 6.07) is 0. The molecule has 0 fully saturated rings. The molecule has 0 bridgehead atoms. The van der Waals surface area contributed by atoms with Crippen molar-refractivity contribution >= 4 is 21.6 Å². The van der Waals surface area contributed by atoms with Gasteiger partial charge in [-0.25, -0.2) is 4.90 Å². The van der Waals surface area contributed by atoms with Gasteiger partial charge < -0.3 is 0 Å². The van der Waals surface area contributed by atoms with Gasteiger partial charge in [-0.1, -0.05) is 26.7 Å². The van der Waals surface area contributed by atoms with Crippen LogP contribution in [0.25, 0.3) is 0 Å². The highest BCUT2D eigenvalue weighted by atomic mass is 32.2. The average Bonchev–Trinajstić information content (AvgIpc) is 2.67. The van der Waals surface area contributed by atoms with Gasteiger partial charge in [-0.2, -0.15) is 8.42 Å². The zero-order valence-corrected chi connectivity index (χ0v) is 11.0. The van der Waals surface area contributed by atoms with Gasteiger partial charge in [0.25, 0.3) is 15.3 Å². The van der Waals surface area contributed by atoms with Crippen molar-refractivity contribution in [3.8, 4) is 0 Å². The monoisotopic (exact) mass is 245 g/mol. The highest BCUT2D eigenvalue weighted by molar-refractivity contribution is 7.73. The first kappa shape index (κ1) is 13.2. The summed E-state index contributed by atoms with van der Waals surface area (Å²) in [4.78, 5) is 2.40. The van der Waals surface area contributed by atoms with Crippen molar-refractivity contribution in [3.05, 3.63) is 0 Å². The molecule has 0 atom stereocenters. The number of nitrogens with zero attached hydrogens (tertiary/aromatic N) is 2. The van der Waals surface area contributed by atoms with Crippen molar-refractivity contribution in [1.29, 1.82) is 0 Å². The molecular formula is C11H21N2O2S+. The molecule has 1 aliphatic rings. The van der Waals surface area contributed by atoms with Crippen LogP contribution in [0.4, 0.5) is 0 Å². The summed E-state index contributed by atoms with van der Waals surface area (Å²) in [7, 11) is -2.08. The van der Waals surface area contributed by atoms with Crippen LogP contribution >= 0.6 is 0 Å². The van der Waals surface area contributed by atoms with Crippen molar-refractivity contribution < 1.29 is 13.0 Å². The lowest BCUT2D eigenvalue weighted by molar-refractivity contribution is -0.505. The summed E-state index contributed by atoms with van der Waals surface area (Å²) in [5.41, 5.74) is 0. The fraction of sp³-hybridized carbons (Fsp3) is 0.818. The summed E-state index contributed by atoms with van der Waals surface area (Å²) in [6.45, 7) is 6.54. The number of unbranched alkanes of at least 4 members (excludes halogenated alkanes) is 2. The van der Waals surface area contributed by atoms with Crippen LogP contribution in [0.15, 0.2) is 0 Å². The van der Waals surface area contributed by atoms with Gasteiger partial charge in [0.2, 0.25) is 6.34 Å². The Balaban J connectivity index is 2.68. The lowest BCUT2D eigenvalue weighted by Crippen LogP contribution is -2.28. The standard InChI is InChI=1S/C11H21N2O2S/c1-3-5-7-12-9-11(16(14)15)13(10-12)8-6-4-2/h10H,3-9H2,1-2H3/q+1. The van der Waals surface area contributed by atoms with E-state index in [-0.39, 0.29) is 0 Å². The predicted octanol–water partition coefficient (Wildman–Crippen LogP) is 0.952. The van der Waals surface area contributed by atoms with E-state index in [1.165, 1.54) is 0 Å². The molecule has 0 aliphatic carbocycles. The molecule has 0 aromatic rings. The summed E-state index contributed by atoms with van der Waals surface area (Å²) in [6.07, 6.45) is 6.30. The third-order valence-corrected chi connectivity index (χ3v) is 3.45. The first-order chi connectivity index (χ1) is 7.69. The second-order valence-corrected chi connectivity index (χ2v) is 5.06. The lowest BCUT2D eigenvalue weighted by Gasteiger charge is -2.03. The summed E-state index contributed by atoms with van der Waals surface area (Å²) in [5.74, 6) is 0.